The number of aliphatic carboxylic acids is 1. The summed E-state index contributed by atoms with van der Waals surface area (Å²) in [6, 6.07) is 3.70. The van der Waals surface area contributed by atoms with Crippen molar-refractivity contribution in [1.82, 2.24) is 4.98 Å². The van der Waals surface area contributed by atoms with E-state index in [2.05, 4.69) is 9.88 Å². The van der Waals surface area contributed by atoms with Gasteiger partial charge >= 0.3 is 5.97 Å². The van der Waals surface area contributed by atoms with Crippen LogP contribution in [0.2, 0.25) is 0 Å². The van der Waals surface area contributed by atoms with Crippen LogP contribution in [0, 0.1) is 5.92 Å². The van der Waals surface area contributed by atoms with E-state index < -0.39 is 5.97 Å². The molecule has 1 aliphatic rings. The first kappa shape index (κ1) is 11.6. The van der Waals surface area contributed by atoms with Gasteiger partial charge in [0.1, 0.15) is 5.82 Å². The fourth-order valence-corrected chi connectivity index (χ4v) is 1.79. The van der Waals surface area contributed by atoms with Crippen molar-refractivity contribution in [3.8, 4) is 0 Å². The van der Waals surface area contributed by atoms with Crippen molar-refractivity contribution in [2.45, 2.75) is 12.8 Å². The van der Waals surface area contributed by atoms with Gasteiger partial charge in [0.15, 0.2) is 0 Å². The Labute approximate surface area is 101 Å². The first-order valence-electron chi connectivity index (χ1n) is 5.74. The Bertz CT molecular complexity index is 439. The first-order chi connectivity index (χ1) is 8.16. The van der Waals surface area contributed by atoms with E-state index in [1.807, 2.05) is 19.2 Å². The molecule has 1 saturated carbocycles. The van der Waals surface area contributed by atoms with Gasteiger partial charge in [-0.25, -0.2) is 9.78 Å². The molecule has 0 spiro atoms. The minimum Gasteiger partial charge on any atom is -0.478 e. The Kier molecular flexibility index (Phi) is 3.42. The summed E-state index contributed by atoms with van der Waals surface area (Å²) in [5.74, 6) is 0.680. The van der Waals surface area contributed by atoms with E-state index in [0.717, 1.165) is 29.9 Å². The highest BCUT2D eigenvalue weighted by Gasteiger charge is 2.23. The lowest BCUT2D eigenvalue weighted by atomic mass is 10.2. The maximum atomic E-state index is 10.5. The summed E-state index contributed by atoms with van der Waals surface area (Å²) < 4.78 is 0. The zero-order chi connectivity index (χ0) is 12.3. The van der Waals surface area contributed by atoms with Gasteiger partial charge in [0, 0.05) is 31.4 Å². The van der Waals surface area contributed by atoms with E-state index in [0.29, 0.717) is 0 Å². The van der Waals surface area contributed by atoms with Crippen molar-refractivity contribution in [1.29, 1.82) is 0 Å². The third kappa shape index (κ3) is 3.31. The lowest BCUT2D eigenvalue weighted by Crippen LogP contribution is -2.21. The van der Waals surface area contributed by atoms with Crippen molar-refractivity contribution in [3.05, 3.63) is 30.0 Å². The first-order valence-corrected chi connectivity index (χ1v) is 5.74. The highest BCUT2D eigenvalue weighted by molar-refractivity contribution is 5.86. The Morgan fingerprint density at radius 1 is 1.65 bits per heavy atom. The molecule has 0 saturated heterocycles. The van der Waals surface area contributed by atoms with E-state index in [4.69, 9.17) is 5.11 Å². The molecule has 1 fully saturated rings. The average Bonchev–Trinajstić information content (AvgIpc) is 3.10. The molecule has 0 unspecified atom stereocenters. The number of hydrogen-bond acceptors (Lipinski definition) is 3. The predicted molar refractivity (Wildman–Crippen MR) is 66.9 cm³/mol. The van der Waals surface area contributed by atoms with Crippen molar-refractivity contribution in [2.75, 3.05) is 18.5 Å². The molecular formula is C13H16N2O2. The minimum atomic E-state index is -0.940. The molecule has 4 heteroatoms. The third-order valence-corrected chi connectivity index (χ3v) is 2.81. The summed E-state index contributed by atoms with van der Waals surface area (Å²) in [7, 11) is 2.00. The summed E-state index contributed by atoms with van der Waals surface area (Å²) in [6.07, 6.45) is 7.05. The van der Waals surface area contributed by atoms with Crippen LogP contribution in [-0.4, -0.2) is 29.7 Å². The molecule has 0 amide bonds. The molecule has 0 bridgehead atoms. The number of carboxylic acid groups (broad SMARTS) is 1. The van der Waals surface area contributed by atoms with Gasteiger partial charge in [-0.05, 0) is 37.0 Å². The summed E-state index contributed by atoms with van der Waals surface area (Å²) in [4.78, 5) is 16.9. The normalized spacial score (nSPS) is 15.1. The monoisotopic (exact) mass is 232 g/mol. The highest BCUT2D eigenvalue weighted by Crippen LogP contribution is 2.31. The quantitative estimate of drug-likeness (QED) is 0.789. The van der Waals surface area contributed by atoms with Gasteiger partial charge in [-0.2, -0.15) is 0 Å². The Hall–Kier alpha value is -1.84. The van der Waals surface area contributed by atoms with Gasteiger partial charge in [0.25, 0.3) is 0 Å². The summed E-state index contributed by atoms with van der Waals surface area (Å²) >= 11 is 0. The molecule has 1 N–H and O–H groups in total. The largest absolute Gasteiger partial charge is 0.478 e. The Balaban J connectivity index is 2.16. The molecule has 1 aromatic heterocycles. The Morgan fingerprint density at radius 2 is 2.41 bits per heavy atom. The summed E-state index contributed by atoms with van der Waals surface area (Å²) in [5.41, 5.74) is 0.845. The maximum Gasteiger partial charge on any atom is 0.328 e. The zero-order valence-electron chi connectivity index (χ0n) is 9.84. The molecule has 1 heterocycles. The van der Waals surface area contributed by atoms with Crippen LogP contribution in [0.25, 0.3) is 6.08 Å². The predicted octanol–water partition coefficient (Wildman–Crippen LogP) is 2.03. The van der Waals surface area contributed by atoms with E-state index in [1.165, 1.54) is 12.8 Å². The van der Waals surface area contributed by atoms with Crippen LogP contribution in [0.5, 0.6) is 0 Å². The standard InChI is InChI=1S/C13H16N2O2/c1-15(9-10-4-5-10)13-11(3-2-8-14-13)6-7-12(16)17/h2-3,6-8,10H,4-5,9H2,1H3,(H,16,17)/b7-6+. The van der Waals surface area contributed by atoms with E-state index in [1.54, 1.807) is 12.3 Å². The number of nitrogens with zero attached hydrogens (tertiary/aromatic N) is 2. The number of pyridine rings is 1. The molecule has 90 valence electrons. The van der Waals surface area contributed by atoms with E-state index in [9.17, 15) is 4.79 Å². The van der Waals surface area contributed by atoms with E-state index >= 15 is 0 Å². The van der Waals surface area contributed by atoms with Crippen LogP contribution in [0.3, 0.4) is 0 Å². The second-order valence-corrected chi connectivity index (χ2v) is 4.41. The van der Waals surface area contributed by atoms with Crippen LogP contribution < -0.4 is 4.90 Å². The van der Waals surface area contributed by atoms with Gasteiger partial charge in [0.05, 0.1) is 0 Å². The minimum absolute atomic E-state index is 0.776. The van der Waals surface area contributed by atoms with Gasteiger partial charge in [-0.1, -0.05) is 0 Å². The van der Waals surface area contributed by atoms with Crippen LogP contribution in [0.15, 0.2) is 24.4 Å². The van der Waals surface area contributed by atoms with Crippen LogP contribution in [0.1, 0.15) is 18.4 Å². The number of aromatic nitrogens is 1. The molecule has 1 aromatic rings. The SMILES string of the molecule is CN(CC1CC1)c1ncccc1/C=C/C(=O)O. The lowest BCUT2D eigenvalue weighted by molar-refractivity contribution is -0.131. The fraction of sp³-hybridized carbons (Fsp3) is 0.385. The molecule has 0 aromatic carbocycles. The number of carboxylic acids is 1. The van der Waals surface area contributed by atoms with Gasteiger partial charge in [-0.15, -0.1) is 0 Å². The molecule has 2 rings (SSSR count). The van der Waals surface area contributed by atoms with Gasteiger partial charge < -0.3 is 10.0 Å². The highest BCUT2D eigenvalue weighted by atomic mass is 16.4. The summed E-state index contributed by atoms with van der Waals surface area (Å²) in [6.45, 7) is 0.991. The molecule has 1 aliphatic carbocycles. The van der Waals surface area contributed by atoms with Gasteiger partial charge in [-0.3, -0.25) is 0 Å². The van der Waals surface area contributed by atoms with Crippen LogP contribution in [-0.2, 0) is 4.79 Å². The van der Waals surface area contributed by atoms with Crippen molar-refractivity contribution in [3.63, 3.8) is 0 Å². The summed E-state index contributed by atoms with van der Waals surface area (Å²) in [5, 5.41) is 8.64. The molecular weight excluding hydrogens is 216 g/mol. The third-order valence-electron chi connectivity index (χ3n) is 2.81. The maximum absolute atomic E-state index is 10.5. The number of anilines is 1. The molecule has 0 atom stereocenters. The van der Waals surface area contributed by atoms with Crippen molar-refractivity contribution in [2.24, 2.45) is 5.92 Å². The zero-order valence-corrected chi connectivity index (χ0v) is 9.84. The number of carbonyl (C=O) groups is 1. The number of rotatable bonds is 5. The van der Waals surface area contributed by atoms with Crippen LogP contribution in [0.4, 0.5) is 5.82 Å². The molecule has 0 radical (unpaired) electrons. The smallest absolute Gasteiger partial charge is 0.328 e. The van der Waals surface area contributed by atoms with Crippen LogP contribution >= 0.6 is 0 Å². The molecule has 17 heavy (non-hydrogen) atoms. The van der Waals surface area contributed by atoms with Crippen molar-refractivity contribution < 1.29 is 9.90 Å². The molecule has 4 nitrogen and oxygen atoms in total. The topological polar surface area (TPSA) is 53.4 Å². The van der Waals surface area contributed by atoms with Crippen molar-refractivity contribution >= 4 is 17.9 Å². The Morgan fingerprint density at radius 3 is 3.06 bits per heavy atom. The second-order valence-electron chi connectivity index (χ2n) is 4.41. The second kappa shape index (κ2) is 4.99. The average molecular weight is 232 g/mol. The molecule has 0 aliphatic heterocycles. The van der Waals surface area contributed by atoms with E-state index in [-0.39, 0.29) is 0 Å². The van der Waals surface area contributed by atoms with Gasteiger partial charge in [0.2, 0.25) is 0 Å². The fourth-order valence-electron chi connectivity index (χ4n) is 1.79. The lowest BCUT2D eigenvalue weighted by Gasteiger charge is -2.19. The number of hydrogen-bond donors (Lipinski definition) is 1.